The molecule has 1 N–H and O–H groups in total. The number of hydrogen-bond donors (Lipinski definition) is 1. The van der Waals surface area contributed by atoms with E-state index in [0.29, 0.717) is 0 Å². The molecular weight excluding hydrogens is 270 g/mol. The van der Waals surface area contributed by atoms with Crippen LogP contribution in [0.2, 0.25) is 0 Å². The fourth-order valence-corrected chi connectivity index (χ4v) is 2.45. The first-order valence-corrected chi connectivity index (χ1v) is 7.63. The van der Waals surface area contributed by atoms with E-state index in [1.165, 1.54) is 11.1 Å². The average molecular weight is 297 g/mol. The van der Waals surface area contributed by atoms with Crippen molar-refractivity contribution in [3.05, 3.63) is 47.2 Å². The molecule has 0 saturated heterocycles. The minimum absolute atomic E-state index is 0.842. The fourth-order valence-electron chi connectivity index (χ4n) is 2.45. The highest BCUT2D eigenvalue weighted by Gasteiger charge is 2.11. The zero-order valence-electron chi connectivity index (χ0n) is 14.6. The smallest absolute Gasteiger partial charge is 0.103 e. The van der Waals surface area contributed by atoms with Gasteiger partial charge in [0, 0.05) is 24.5 Å². The number of amidine groups is 1. The Morgan fingerprint density at radius 3 is 2.50 bits per heavy atom. The second-order valence-electron chi connectivity index (χ2n) is 5.33. The minimum Gasteiger partial charge on any atom is -0.348 e. The molecule has 0 bridgehead atoms. The summed E-state index contributed by atoms with van der Waals surface area (Å²) >= 11 is 0. The van der Waals surface area contributed by atoms with E-state index in [4.69, 9.17) is 4.99 Å². The summed E-state index contributed by atoms with van der Waals surface area (Å²) in [6.07, 6.45) is 4.93. The van der Waals surface area contributed by atoms with Crippen LogP contribution in [-0.4, -0.2) is 19.1 Å². The lowest BCUT2D eigenvalue weighted by atomic mass is 9.96. The number of rotatable bonds is 5. The zero-order chi connectivity index (χ0) is 16.7. The maximum absolute atomic E-state index is 4.80. The van der Waals surface area contributed by atoms with E-state index in [0.717, 1.165) is 34.8 Å². The number of benzene rings is 1. The largest absolute Gasteiger partial charge is 0.348 e. The third-order valence-electron chi connectivity index (χ3n) is 3.49. The van der Waals surface area contributed by atoms with Crippen LogP contribution in [-0.2, 0) is 6.42 Å². The molecule has 3 heteroatoms. The van der Waals surface area contributed by atoms with Gasteiger partial charge in [0.15, 0.2) is 0 Å². The van der Waals surface area contributed by atoms with E-state index < -0.39 is 0 Å². The summed E-state index contributed by atoms with van der Waals surface area (Å²) in [4.78, 5) is 8.95. The number of nitrogens with zero attached hydrogens (tertiary/aromatic N) is 2. The Morgan fingerprint density at radius 2 is 2.00 bits per heavy atom. The molecule has 0 aliphatic heterocycles. The molecule has 0 saturated carbocycles. The predicted octanol–water partition coefficient (Wildman–Crippen LogP) is 4.83. The van der Waals surface area contributed by atoms with Crippen molar-refractivity contribution in [2.24, 2.45) is 9.98 Å². The van der Waals surface area contributed by atoms with Gasteiger partial charge in [0.25, 0.3) is 0 Å². The summed E-state index contributed by atoms with van der Waals surface area (Å²) < 4.78 is 0. The van der Waals surface area contributed by atoms with Crippen molar-refractivity contribution in [3.8, 4) is 0 Å². The highest BCUT2D eigenvalue weighted by atomic mass is 15.0. The molecule has 0 aromatic heterocycles. The number of nitrogens with one attached hydrogen (secondary N) is 1. The van der Waals surface area contributed by atoms with Crippen molar-refractivity contribution in [1.82, 2.24) is 5.32 Å². The van der Waals surface area contributed by atoms with Crippen LogP contribution < -0.4 is 5.32 Å². The molecule has 0 unspecified atom stereocenters. The molecule has 0 aliphatic rings. The van der Waals surface area contributed by atoms with Crippen LogP contribution in [0.25, 0.3) is 5.57 Å². The molecule has 1 rings (SSSR count). The second kappa shape index (κ2) is 8.32. The van der Waals surface area contributed by atoms with Crippen molar-refractivity contribution >= 4 is 23.3 Å². The summed E-state index contributed by atoms with van der Waals surface area (Å²) in [6, 6.07) is 4.31. The molecule has 0 heterocycles. The van der Waals surface area contributed by atoms with Gasteiger partial charge < -0.3 is 5.32 Å². The van der Waals surface area contributed by atoms with Crippen LogP contribution in [0.1, 0.15) is 44.4 Å². The third-order valence-corrected chi connectivity index (χ3v) is 3.49. The van der Waals surface area contributed by atoms with Crippen LogP contribution in [0.3, 0.4) is 0 Å². The normalized spacial score (nSPS) is 12.8. The SMILES string of the molecule is C=C(C)NC(C)=Nc1c(/C(C=NC)=C/C)ccc(CC)c1C. The Labute approximate surface area is 134 Å². The second-order valence-corrected chi connectivity index (χ2v) is 5.33. The minimum atomic E-state index is 0.842. The van der Waals surface area contributed by atoms with Crippen LogP contribution in [0.15, 0.2) is 40.5 Å². The van der Waals surface area contributed by atoms with Gasteiger partial charge in [-0.05, 0) is 50.8 Å². The van der Waals surface area contributed by atoms with Crippen LogP contribution in [0.4, 0.5) is 5.69 Å². The summed E-state index contributed by atoms with van der Waals surface area (Å²) in [5.74, 6) is 0.842. The van der Waals surface area contributed by atoms with Crippen molar-refractivity contribution in [1.29, 1.82) is 0 Å². The van der Waals surface area contributed by atoms with Gasteiger partial charge in [-0.25, -0.2) is 4.99 Å². The lowest BCUT2D eigenvalue weighted by molar-refractivity contribution is 1.09. The standard InChI is InChI=1S/C19H27N3/c1-8-16-10-11-18(17(9-2)12-20-7)19(14(16)5)22-15(6)21-13(3)4/h9-12H,3,8H2,1-2,4-7H3,(H,21,22)/b17-9+,20-12?. The molecule has 1 aromatic rings. The summed E-state index contributed by atoms with van der Waals surface area (Å²) in [6.45, 7) is 14.1. The Balaban J connectivity index is 3.52. The first kappa shape index (κ1) is 17.9. The van der Waals surface area contributed by atoms with Crippen molar-refractivity contribution in [2.45, 2.75) is 41.0 Å². The quantitative estimate of drug-likeness (QED) is 0.613. The van der Waals surface area contributed by atoms with Gasteiger partial charge in [-0.2, -0.15) is 0 Å². The monoisotopic (exact) mass is 297 g/mol. The summed E-state index contributed by atoms with van der Waals surface area (Å²) in [5, 5.41) is 3.17. The maximum Gasteiger partial charge on any atom is 0.103 e. The van der Waals surface area contributed by atoms with Gasteiger partial charge in [-0.1, -0.05) is 31.7 Å². The van der Waals surface area contributed by atoms with Crippen LogP contribution in [0.5, 0.6) is 0 Å². The van der Waals surface area contributed by atoms with E-state index in [-0.39, 0.29) is 0 Å². The molecule has 22 heavy (non-hydrogen) atoms. The molecule has 0 fully saturated rings. The molecule has 118 valence electrons. The Kier molecular flexibility index (Phi) is 6.77. The van der Waals surface area contributed by atoms with Gasteiger partial charge in [-0.15, -0.1) is 0 Å². The Morgan fingerprint density at radius 1 is 1.32 bits per heavy atom. The predicted molar refractivity (Wildman–Crippen MR) is 99.3 cm³/mol. The topological polar surface area (TPSA) is 36.8 Å². The van der Waals surface area contributed by atoms with Crippen LogP contribution in [0, 0.1) is 6.92 Å². The molecule has 0 aliphatic carbocycles. The lowest BCUT2D eigenvalue weighted by Gasteiger charge is -2.14. The molecule has 0 amide bonds. The van der Waals surface area contributed by atoms with Gasteiger partial charge in [0.05, 0.1) is 5.69 Å². The number of aryl methyl sites for hydroxylation is 1. The summed E-state index contributed by atoms with van der Waals surface area (Å²) in [5.41, 5.74) is 6.59. The third kappa shape index (κ3) is 4.42. The Bertz CT molecular complexity index is 634. The van der Waals surface area contributed by atoms with Crippen molar-refractivity contribution < 1.29 is 0 Å². The average Bonchev–Trinajstić information content (AvgIpc) is 2.46. The first-order chi connectivity index (χ1) is 10.4. The highest BCUT2D eigenvalue weighted by Crippen LogP contribution is 2.32. The van der Waals surface area contributed by atoms with E-state index in [2.05, 4.69) is 48.9 Å². The van der Waals surface area contributed by atoms with Crippen LogP contribution >= 0.6 is 0 Å². The number of aliphatic imine (C=N–C) groups is 2. The number of hydrogen-bond acceptors (Lipinski definition) is 2. The van der Waals surface area contributed by atoms with Gasteiger partial charge >= 0.3 is 0 Å². The zero-order valence-corrected chi connectivity index (χ0v) is 14.6. The Hall–Kier alpha value is -2.16. The molecule has 1 aromatic carbocycles. The fraction of sp³-hybridized carbons (Fsp3) is 0.368. The van der Waals surface area contributed by atoms with Gasteiger partial charge in [0.2, 0.25) is 0 Å². The van der Waals surface area contributed by atoms with Crippen molar-refractivity contribution in [2.75, 3.05) is 7.05 Å². The van der Waals surface area contributed by atoms with E-state index in [1.54, 1.807) is 7.05 Å². The lowest BCUT2D eigenvalue weighted by Crippen LogP contribution is -2.17. The molecular formula is C19H27N3. The number of allylic oxidation sites excluding steroid dienone is 3. The first-order valence-electron chi connectivity index (χ1n) is 7.63. The van der Waals surface area contributed by atoms with E-state index in [1.807, 2.05) is 27.0 Å². The molecule has 0 spiro atoms. The van der Waals surface area contributed by atoms with E-state index in [9.17, 15) is 0 Å². The van der Waals surface area contributed by atoms with Gasteiger partial charge in [0.1, 0.15) is 5.84 Å². The molecule has 3 nitrogen and oxygen atoms in total. The molecule has 0 radical (unpaired) electrons. The summed E-state index contributed by atoms with van der Waals surface area (Å²) in [7, 11) is 1.79. The van der Waals surface area contributed by atoms with Crippen molar-refractivity contribution in [3.63, 3.8) is 0 Å². The van der Waals surface area contributed by atoms with Gasteiger partial charge in [-0.3, -0.25) is 4.99 Å². The highest BCUT2D eigenvalue weighted by molar-refractivity contribution is 6.12. The maximum atomic E-state index is 4.80. The molecule has 0 atom stereocenters. The van der Waals surface area contributed by atoms with E-state index >= 15 is 0 Å².